The van der Waals surface area contributed by atoms with Crippen molar-refractivity contribution in [3.05, 3.63) is 77.7 Å². The number of aromatic nitrogens is 2. The molecule has 1 aromatic heterocycles. The van der Waals surface area contributed by atoms with E-state index < -0.39 is 0 Å². The number of hydrogen-bond acceptors (Lipinski definition) is 6. The normalized spacial score (nSPS) is 9.93. The van der Waals surface area contributed by atoms with E-state index in [1.165, 1.54) is 12.4 Å². The van der Waals surface area contributed by atoms with E-state index in [0.29, 0.717) is 29.4 Å². The highest BCUT2D eigenvalue weighted by atomic mass is 16.5. The Kier molecular flexibility index (Phi) is 5.60. The van der Waals surface area contributed by atoms with Crippen LogP contribution in [0.1, 0.15) is 21.6 Å². The molecule has 1 heterocycles. The Labute approximate surface area is 156 Å². The number of hydrogen-bond donors (Lipinski definition) is 2. The molecule has 3 rings (SSSR count). The number of amides is 1. The molecule has 27 heavy (non-hydrogen) atoms. The largest absolute Gasteiger partial charge is 0.496 e. The lowest BCUT2D eigenvalue weighted by Crippen LogP contribution is -2.24. The van der Waals surface area contributed by atoms with Crippen LogP contribution in [0, 0.1) is 11.3 Å². The van der Waals surface area contributed by atoms with Gasteiger partial charge in [0, 0.05) is 12.1 Å². The van der Waals surface area contributed by atoms with Gasteiger partial charge < -0.3 is 15.4 Å². The molecule has 0 aliphatic heterocycles. The Morgan fingerprint density at radius 2 is 1.89 bits per heavy atom. The lowest BCUT2D eigenvalue weighted by molar-refractivity contribution is 0.0945. The number of rotatable bonds is 6. The third-order valence-electron chi connectivity index (χ3n) is 3.83. The molecule has 1 amide bonds. The summed E-state index contributed by atoms with van der Waals surface area (Å²) in [4.78, 5) is 20.6. The number of nitriles is 1. The van der Waals surface area contributed by atoms with Crippen LogP contribution in [-0.2, 0) is 6.54 Å². The summed E-state index contributed by atoms with van der Waals surface area (Å²) in [6.45, 7) is 0.320. The highest BCUT2D eigenvalue weighted by Crippen LogP contribution is 2.18. The summed E-state index contributed by atoms with van der Waals surface area (Å²) in [5.41, 5.74) is 2.19. The van der Waals surface area contributed by atoms with Crippen molar-refractivity contribution >= 4 is 17.4 Å². The molecule has 0 radical (unpaired) electrons. The van der Waals surface area contributed by atoms with E-state index in [1.807, 2.05) is 30.3 Å². The van der Waals surface area contributed by atoms with Crippen molar-refractivity contribution in [3.8, 4) is 11.8 Å². The van der Waals surface area contributed by atoms with E-state index in [1.54, 1.807) is 25.3 Å². The van der Waals surface area contributed by atoms with Gasteiger partial charge in [-0.25, -0.2) is 9.97 Å². The number of methoxy groups -OCH3 is 1. The van der Waals surface area contributed by atoms with Crippen molar-refractivity contribution < 1.29 is 9.53 Å². The fraction of sp³-hybridized carbons (Fsp3) is 0.100. The van der Waals surface area contributed by atoms with Gasteiger partial charge in [0.15, 0.2) is 0 Å². The highest BCUT2D eigenvalue weighted by Gasteiger charge is 2.10. The first kappa shape index (κ1) is 17.9. The van der Waals surface area contributed by atoms with Gasteiger partial charge in [-0.05, 0) is 18.2 Å². The molecular weight excluding hydrogens is 342 g/mol. The molecule has 134 valence electrons. The van der Waals surface area contributed by atoms with Gasteiger partial charge in [-0.15, -0.1) is 0 Å². The molecule has 0 unspecified atom stereocenters. The Bertz CT molecular complexity index is 980. The summed E-state index contributed by atoms with van der Waals surface area (Å²) in [7, 11) is 1.59. The number of nitrogens with zero attached hydrogens (tertiary/aromatic N) is 3. The van der Waals surface area contributed by atoms with Crippen LogP contribution < -0.4 is 15.4 Å². The summed E-state index contributed by atoms with van der Waals surface area (Å²) in [5.74, 6) is 0.816. The van der Waals surface area contributed by atoms with Crippen LogP contribution in [0.25, 0.3) is 0 Å². The zero-order chi connectivity index (χ0) is 19.1. The average Bonchev–Trinajstić information content (AvgIpc) is 2.73. The van der Waals surface area contributed by atoms with Crippen LogP contribution in [-0.4, -0.2) is 23.0 Å². The quantitative estimate of drug-likeness (QED) is 0.702. The zero-order valence-corrected chi connectivity index (χ0v) is 14.6. The maximum absolute atomic E-state index is 12.3. The predicted molar refractivity (Wildman–Crippen MR) is 101 cm³/mol. The first-order valence-corrected chi connectivity index (χ1v) is 8.19. The maximum atomic E-state index is 12.3. The van der Waals surface area contributed by atoms with E-state index >= 15 is 0 Å². The van der Waals surface area contributed by atoms with Crippen molar-refractivity contribution in [2.24, 2.45) is 0 Å². The maximum Gasteiger partial charge on any atom is 0.271 e. The van der Waals surface area contributed by atoms with E-state index in [0.717, 1.165) is 5.56 Å². The average molecular weight is 359 g/mol. The molecule has 0 aliphatic carbocycles. The number of carbonyl (C=O) groups is 1. The summed E-state index contributed by atoms with van der Waals surface area (Å²) in [5, 5.41) is 14.9. The molecular formula is C20H17N5O2. The fourth-order valence-corrected chi connectivity index (χ4v) is 2.45. The monoisotopic (exact) mass is 359 g/mol. The molecule has 3 aromatic rings. The predicted octanol–water partition coefficient (Wildman–Crippen LogP) is 3.03. The van der Waals surface area contributed by atoms with Crippen LogP contribution in [0.3, 0.4) is 0 Å². The minimum absolute atomic E-state index is 0.198. The molecule has 0 bridgehead atoms. The van der Waals surface area contributed by atoms with Crippen LogP contribution in [0.15, 0.2) is 60.9 Å². The molecule has 0 atom stereocenters. The highest BCUT2D eigenvalue weighted by molar-refractivity contribution is 5.92. The molecule has 2 aromatic carbocycles. The number of anilines is 2. The minimum atomic E-state index is -0.336. The Hall–Kier alpha value is -3.92. The van der Waals surface area contributed by atoms with Crippen molar-refractivity contribution in [1.29, 1.82) is 5.26 Å². The van der Waals surface area contributed by atoms with E-state index in [4.69, 9.17) is 10.00 Å². The number of ether oxygens (including phenoxy) is 1. The van der Waals surface area contributed by atoms with Crippen LogP contribution in [0.4, 0.5) is 11.5 Å². The first-order valence-electron chi connectivity index (χ1n) is 8.19. The third-order valence-corrected chi connectivity index (χ3v) is 3.83. The van der Waals surface area contributed by atoms with Crippen molar-refractivity contribution in [1.82, 2.24) is 15.3 Å². The van der Waals surface area contributed by atoms with Gasteiger partial charge in [-0.3, -0.25) is 4.79 Å². The van der Waals surface area contributed by atoms with Gasteiger partial charge in [0.25, 0.3) is 5.91 Å². The molecule has 0 aliphatic rings. The lowest BCUT2D eigenvalue weighted by Gasteiger charge is -2.10. The minimum Gasteiger partial charge on any atom is -0.496 e. The molecule has 7 nitrogen and oxygen atoms in total. The van der Waals surface area contributed by atoms with Crippen molar-refractivity contribution in [3.63, 3.8) is 0 Å². The number of para-hydroxylation sites is 2. The van der Waals surface area contributed by atoms with Crippen LogP contribution in [0.2, 0.25) is 0 Å². The summed E-state index contributed by atoms with van der Waals surface area (Å²) in [6.07, 6.45) is 2.83. The third kappa shape index (κ3) is 4.38. The fourth-order valence-electron chi connectivity index (χ4n) is 2.45. The molecule has 0 saturated carbocycles. The van der Waals surface area contributed by atoms with Crippen molar-refractivity contribution in [2.75, 3.05) is 12.4 Å². The number of benzene rings is 2. The molecule has 7 heteroatoms. The second-order valence-electron chi connectivity index (χ2n) is 5.56. The molecule has 0 fully saturated rings. The molecule has 0 spiro atoms. The van der Waals surface area contributed by atoms with Gasteiger partial charge in [0.05, 0.1) is 30.8 Å². The van der Waals surface area contributed by atoms with Gasteiger partial charge in [0.1, 0.15) is 23.3 Å². The van der Waals surface area contributed by atoms with Crippen LogP contribution >= 0.6 is 0 Å². The lowest BCUT2D eigenvalue weighted by atomic mass is 10.2. The topological polar surface area (TPSA) is 99.9 Å². The van der Waals surface area contributed by atoms with Gasteiger partial charge in [-0.1, -0.05) is 30.3 Å². The van der Waals surface area contributed by atoms with Gasteiger partial charge >= 0.3 is 0 Å². The van der Waals surface area contributed by atoms with Gasteiger partial charge in [0.2, 0.25) is 0 Å². The van der Waals surface area contributed by atoms with Crippen LogP contribution in [0.5, 0.6) is 5.75 Å². The zero-order valence-electron chi connectivity index (χ0n) is 14.6. The summed E-state index contributed by atoms with van der Waals surface area (Å²) >= 11 is 0. The number of nitrogens with one attached hydrogen (secondary N) is 2. The summed E-state index contributed by atoms with van der Waals surface area (Å²) in [6, 6.07) is 16.6. The Morgan fingerprint density at radius 1 is 1.11 bits per heavy atom. The number of carbonyl (C=O) groups excluding carboxylic acids is 1. The van der Waals surface area contributed by atoms with E-state index in [2.05, 4.69) is 26.7 Å². The smallest absolute Gasteiger partial charge is 0.271 e. The Morgan fingerprint density at radius 3 is 2.63 bits per heavy atom. The molecule has 0 saturated heterocycles. The van der Waals surface area contributed by atoms with E-state index in [-0.39, 0.29) is 11.6 Å². The second-order valence-corrected chi connectivity index (χ2v) is 5.56. The van der Waals surface area contributed by atoms with Crippen molar-refractivity contribution in [2.45, 2.75) is 6.54 Å². The first-order chi connectivity index (χ1) is 13.2. The summed E-state index contributed by atoms with van der Waals surface area (Å²) < 4.78 is 5.26. The van der Waals surface area contributed by atoms with Gasteiger partial charge in [-0.2, -0.15) is 5.26 Å². The second kappa shape index (κ2) is 8.45. The van der Waals surface area contributed by atoms with E-state index in [9.17, 15) is 4.79 Å². The standard InChI is InChI=1S/C20H17N5O2/c1-27-18-9-5-3-7-15(18)11-24-20(26)17-12-23-19(13-22-17)25-16-8-4-2-6-14(16)10-21/h2-9,12-13H,11H2,1H3,(H,23,25)(H,24,26). The SMILES string of the molecule is COc1ccccc1CNC(=O)c1cnc(Nc2ccccc2C#N)cn1. The Balaban J connectivity index is 1.64. The molecule has 2 N–H and O–H groups in total.